The molecule has 0 fully saturated rings. The van der Waals surface area contributed by atoms with Crippen molar-refractivity contribution in [3.05, 3.63) is 0 Å². The van der Waals surface area contributed by atoms with Crippen molar-refractivity contribution in [2.75, 3.05) is 19.1 Å². The van der Waals surface area contributed by atoms with Gasteiger partial charge in [0.2, 0.25) is 0 Å². The molecule has 0 rings (SSSR count). The quantitative estimate of drug-likeness (QED) is 0.578. The van der Waals surface area contributed by atoms with Gasteiger partial charge in [0.1, 0.15) is 0 Å². The SMILES string of the molecule is CCOCC(O)CCl. The van der Waals surface area contributed by atoms with Crippen LogP contribution in [-0.4, -0.2) is 30.3 Å². The minimum absolute atomic E-state index is 0.250. The van der Waals surface area contributed by atoms with E-state index in [9.17, 15) is 0 Å². The van der Waals surface area contributed by atoms with Crippen LogP contribution in [0.15, 0.2) is 0 Å². The maximum absolute atomic E-state index is 8.73. The minimum Gasteiger partial charge on any atom is -0.389 e. The van der Waals surface area contributed by atoms with Gasteiger partial charge in [-0.1, -0.05) is 0 Å². The van der Waals surface area contributed by atoms with Crippen molar-refractivity contribution in [3.8, 4) is 0 Å². The molecule has 0 aliphatic heterocycles. The van der Waals surface area contributed by atoms with Crippen LogP contribution < -0.4 is 0 Å². The van der Waals surface area contributed by atoms with E-state index in [1.807, 2.05) is 6.92 Å². The molecule has 1 atom stereocenters. The van der Waals surface area contributed by atoms with Gasteiger partial charge in [-0.25, -0.2) is 0 Å². The van der Waals surface area contributed by atoms with Crippen molar-refractivity contribution in [3.63, 3.8) is 0 Å². The monoisotopic (exact) mass is 138 g/mol. The Bertz CT molecular complexity index is 49.7. The van der Waals surface area contributed by atoms with Crippen LogP contribution in [0.4, 0.5) is 0 Å². The average Bonchev–Trinajstić information content (AvgIpc) is 1.83. The zero-order valence-corrected chi connectivity index (χ0v) is 5.69. The van der Waals surface area contributed by atoms with E-state index in [2.05, 4.69) is 0 Å². The second-order valence-corrected chi connectivity index (χ2v) is 1.78. The summed E-state index contributed by atoms with van der Waals surface area (Å²) in [6, 6.07) is 0. The van der Waals surface area contributed by atoms with Gasteiger partial charge in [-0.3, -0.25) is 0 Å². The number of halogens is 1. The van der Waals surface area contributed by atoms with Crippen LogP contribution in [0.5, 0.6) is 0 Å². The average molecular weight is 139 g/mol. The lowest BCUT2D eigenvalue weighted by atomic mass is 10.4. The minimum atomic E-state index is -0.503. The molecule has 0 bridgehead atoms. The summed E-state index contributed by atoms with van der Waals surface area (Å²) in [4.78, 5) is 0. The molecule has 0 saturated carbocycles. The maximum Gasteiger partial charge on any atom is 0.0908 e. The van der Waals surface area contributed by atoms with Crippen molar-refractivity contribution in [2.45, 2.75) is 13.0 Å². The maximum atomic E-state index is 8.73. The van der Waals surface area contributed by atoms with Crippen LogP contribution in [0.1, 0.15) is 6.92 Å². The molecular weight excluding hydrogens is 128 g/mol. The fourth-order valence-electron chi connectivity index (χ4n) is 0.298. The fourth-order valence-corrected chi connectivity index (χ4v) is 0.388. The summed E-state index contributed by atoms with van der Waals surface area (Å²) < 4.78 is 4.85. The molecule has 3 heteroatoms. The standard InChI is InChI=1S/C5H11ClO2/c1-2-8-4-5(7)3-6/h5,7H,2-4H2,1H3. The molecule has 2 nitrogen and oxygen atoms in total. The third-order valence-corrected chi connectivity index (χ3v) is 1.05. The van der Waals surface area contributed by atoms with Crippen LogP contribution in [0, 0.1) is 0 Å². The fraction of sp³-hybridized carbons (Fsp3) is 1.00. The van der Waals surface area contributed by atoms with E-state index in [1.165, 1.54) is 0 Å². The molecule has 0 saturated heterocycles. The summed E-state index contributed by atoms with van der Waals surface area (Å²) in [5, 5.41) is 8.73. The Morgan fingerprint density at radius 2 is 2.38 bits per heavy atom. The summed E-state index contributed by atoms with van der Waals surface area (Å²) in [5.74, 6) is 0.250. The molecule has 1 N–H and O–H groups in total. The van der Waals surface area contributed by atoms with Crippen molar-refractivity contribution >= 4 is 11.6 Å². The molecule has 0 heterocycles. The van der Waals surface area contributed by atoms with E-state index in [4.69, 9.17) is 21.4 Å². The Kier molecular flexibility index (Phi) is 5.49. The Balaban J connectivity index is 2.86. The predicted molar refractivity (Wildman–Crippen MR) is 33.2 cm³/mol. The summed E-state index contributed by atoms with van der Waals surface area (Å²) in [6.07, 6.45) is -0.503. The molecule has 0 aliphatic carbocycles. The van der Waals surface area contributed by atoms with Crippen LogP contribution in [0.3, 0.4) is 0 Å². The normalized spacial score (nSPS) is 13.9. The van der Waals surface area contributed by atoms with Crippen molar-refractivity contribution in [1.82, 2.24) is 0 Å². The van der Waals surface area contributed by atoms with Crippen LogP contribution in [0.2, 0.25) is 0 Å². The van der Waals surface area contributed by atoms with Gasteiger partial charge < -0.3 is 9.84 Å². The van der Waals surface area contributed by atoms with Crippen molar-refractivity contribution in [2.24, 2.45) is 0 Å². The number of ether oxygens (including phenoxy) is 1. The van der Waals surface area contributed by atoms with Crippen LogP contribution in [-0.2, 0) is 4.74 Å². The summed E-state index contributed by atoms with van der Waals surface area (Å²) in [7, 11) is 0. The highest BCUT2D eigenvalue weighted by Crippen LogP contribution is 1.87. The molecule has 0 spiro atoms. The van der Waals surface area contributed by atoms with Crippen molar-refractivity contribution < 1.29 is 9.84 Å². The number of aliphatic hydroxyl groups is 1. The third-order valence-electron chi connectivity index (χ3n) is 0.692. The Hall–Kier alpha value is 0.210. The van der Waals surface area contributed by atoms with Gasteiger partial charge in [-0.15, -0.1) is 11.6 Å². The van der Waals surface area contributed by atoms with E-state index >= 15 is 0 Å². The second kappa shape index (κ2) is 5.35. The van der Waals surface area contributed by atoms with Gasteiger partial charge in [-0.2, -0.15) is 0 Å². The van der Waals surface area contributed by atoms with E-state index in [0.717, 1.165) is 0 Å². The lowest BCUT2D eigenvalue weighted by molar-refractivity contribution is 0.0544. The molecule has 0 aromatic heterocycles. The van der Waals surface area contributed by atoms with Gasteiger partial charge >= 0.3 is 0 Å². The highest BCUT2D eigenvalue weighted by molar-refractivity contribution is 6.18. The smallest absolute Gasteiger partial charge is 0.0908 e. The zero-order valence-electron chi connectivity index (χ0n) is 4.93. The first-order chi connectivity index (χ1) is 3.81. The molecule has 0 aromatic carbocycles. The predicted octanol–water partition coefficient (Wildman–Crippen LogP) is 0.623. The van der Waals surface area contributed by atoms with Gasteiger partial charge in [0.15, 0.2) is 0 Å². The number of alkyl halides is 1. The van der Waals surface area contributed by atoms with Gasteiger partial charge in [0.25, 0.3) is 0 Å². The Labute approximate surface area is 54.4 Å². The molecular formula is C5H11ClO2. The van der Waals surface area contributed by atoms with Crippen LogP contribution >= 0.6 is 11.6 Å². The number of rotatable bonds is 4. The Morgan fingerprint density at radius 3 is 2.75 bits per heavy atom. The summed E-state index contributed by atoms with van der Waals surface area (Å²) in [5.41, 5.74) is 0. The molecule has 0 radical (unpaired) electrons. The lowest BCUT2D eigenvalue weighted by Crippen LogP contribution is -2.16. The summed E-state index contributed by atoms with van der Waals surface area (Å²) in [6.45, 7) is 2.86. The first-order valence-corrected chi connectivity index (χ1v) is 3.16. The largest absolute Gasteiger partial charge is 0.389 e. The third kappa shape index (κ3) is 4.37. The molecule has 8 heavy (non-hydrogen) atoms. The van der Waals surface area contributed by atoms with Crippen LogP contribution in [0.25, 0.3) is 0 Å². The first kappa shape index (κ1) is 8.21. The molecule has 0 aliphatic rings. The molecule has 0 amide bonds. The van der Waals surface area contributed by atoms with Gasteiger partial charge in [0, 0.05) is 6.61 Å². The highest BCUT2D eigenvalue weighted by atomic mass is 35.5. The zero-order chi connectivity index (χ0) is 6.41. The van der Waals surface area contributed by atoms with Gasteiger partial charge in [-0.05, 0) is 6.92 Å². The summed E-state index contributed by atoms with van der Waals surface area (Å²) >= 11 is 5.26. The topological polar surface area (TPSA) is 29.5 Å². The van der Waals surface area contributed by atoms with E-state index < -0.39 is 6.10 Å². The molecule has 50 valence electrons. The van der Waals surface area contributed by atoms with Gasteiger partial charge in [0.05, 0.1) is 18.6 Å². The van der Waals surface area contributed by atoms with E-state index in [-0.39, 0.29) is 5.88 Å². The molecule has 0 aromatic rings. The highest BCUT2D eigenvalue weighted by Gasteiger charge is 1.98. The lowest BCUT2D eigenvalue weighted by Gasteiger charge is -2.04. The number of hydrogen-bond donors (Lipinski definition) is 1. The Morgan fingerprint density at radius 1 is 1.75 bits per heavy atom. The second-order valence-electron chi connectivity index (χ2n) is 1.47. The number of hydrogen-bond acceptors (Lipinski definition) is 2. The first-order valence-electron chi connectivity index (χ1n) is 2.63. The number of aliphatic hydroxyl groups excluding tert-OH is 1. The van der Waals surface area contributed by atoms with Crippen molar-refractivity contribution in [1.29, 1.82) is 0 Å². The van der Waals surface area contributed by atoms with E-state index in [1.54, 1.807) is 0 Å². The van der Waals surface area contributed by atoms with E-state index in [0.29, 0.717) is 13.2 Å². The molecule has 1 unspecified atom stereocenters.